The molecule has 2 fully saturated rings. The number of morpholine rings is 1. The van der Waals surface area contributed by atoms with Gasteiger partial charge in [-0.25, -0.2) is 0 Å². The summed E-state index contributed by atoms with van der Waals surface area (Å²) < 4.78 is 43.9. The number of likely N-dealkylation sites (tertiary alicyclic amines) is 1. The average Bonchev–Trinajstić information content (AvgIpc) is 2.39. The second-order valence-electron chi connectivity index (χ2n) is 6.96. The number of aliphatic hydroxyl groups excluding tert-OH is 1. The Morgan fingerprint density at radius 3 is 2.04 bits per heavy atom. The van der Waals surface area contributed by atoms with Crippen LogP contribution < -0.4 is 0 Å². The maximum absolute atomic E-state index is 12.8. The fourth-order valence-corrected chi connectivity index (χ4v) is 3.48. The number of β-amino-alcohol motifs (C(OH)–C–C–N with tert-alkyl or cyclic N) is 1. The average molecular weight is 340 g/mol. The molecule has 2 N–H and O–H groups in total. The first-order valence-electron chi connectivity index (χ1n) is 8.16. The van der Waals surface area contributed by atoms with E-state index in [2.05, 4.69) is 4.90 Å². The molecule has 0 radical (unpaired) electrons. The van der Waals surface area contributed by atoms with Gasteiger partial charge < -0.3 is 19.8 Å². The molecule has 0 aliphatic carbocycles. The van der Waals surface area contributed by atoms with E-state index >= 15 is 0 Å². The highest BCUT2D eigenvalue weighted by Gasteiger charge is 2.54. The van der Waals surface area contributed by atoms with Gasteiger partial charge in [-0.2, -0.15) is 13.2 Å². The van der Waals surface area contributed by atoms with E-state index in [0.29, 0.717) is 13.1 Å². The van der Waals surface area contributed by atoms with E-state index in [1.807, 2.05) is 13.8 Å². The van der Waals surface area contributed by atoms with E-state index in [0.717, 1.165) is 13.1 Å². The molecule has 0 aromatic carbocycles. The molecule has 3 atom stereocenters. The lowest BCUT2D eigenvalue weighted by Crippen LogP contribution is -2.55. The zero-order chi connectivity index (χ0) is 17.3. The lowest BCUT2D eigenvalue weighted by atomic mass is 9.90. The Morgan fingerprint density at radius 2 is 1.57 bits per heavy atom. The van der Waals surface area contributed by atoms with Crippen LogP contribution in [0.1, 0.15) is 26.7 Å². The fourth-order valence-electron chi connectivity index (χ4n) is 3.48. The minimum atomic E-state index is -4.59. The SMILES string of the molecule is CC1CN(CC(O)CN2CCC(O)(C(F)(F)F)CC2)CC(C)O1. The second-order valence-corrected chi connectivity index (χ2v) is 6.96. The van der Waals surface area contributed by atoms with Gasteiger partial charge >= 0.3 is 6.18 Å². The lowest BCUT2D eigenvalue weighted by Gasteiger charge is -2.40. The summed E-state index contributed by atoms with van der Waals surface area (Å²) in [6.45, 7) is 6.55. The smallest absolute Gasteiger partial charge is 0.390 e. The summed E-state index contributed by atoms with van der Waals surface area (Å²) >= 11 is 0. The molecule has 2 heterocycles. The van der Waals surface area contributed by atoms with Crippen LogP contribution in [0.25, 0.3) is 0 Å². The van der Waals surface area contributed by atoms with Crippen LogP contribution in [0.2, 0.25) is 0 Å². The lowest BCUT2D eigenvalue weighted by molar-refractivity contribution is -0.273. The largest absolute Gasteiger partial charge is 0.417 e. The van der Waals surface area contributed by atoms with E-state index in [1.54, 1.807) is 4.90 Å². The van der Waals surface area contributed by atoms with Gasteiger partial charge in [0, 0.05) is 39.3 Å². The number of alkyl halides is 3. The number of ether oxygens (including phenoxy) is 1. The van der Waals surface area contributed by atoms with Gasteiger partial charge in [0.05, 0.1) is 18.3 Å². The Kier molecular flexibility index (Phi) is 5.94. The van der Waals surface area contributed by atoms with Gasteiger partial charge in [0.25, 0.3) is 0 Å². The fraction of sp³-hybridized carbons (Fsp3) is 1.00. The molecule has 0 aromatic rings. The van der Waals surface area contributed by atoms with Gasteiger partial charge in [0.2, 0.25) is 0 Å². The molecule has 5 nitrogen and oxygen atoms in total. The monoisotopic (exact) mass is 340 g/mol. The Morgan fingerprint density at radius 1 is 1.09 bits per heavy atom. The summed E-state index contributed by atoms with van der Waals surface area (Å²) in [7, 11) is 0. The molecule has 136 valence electrons. The van der Waals surface area contributed by atoms with E-state index in [9.17, 15) is 23.4 Å². The zero-order valence-electron chi connectivity index (χ0n) is 13.7. The van der Waals surface area contributed by atoms with E-state index in [4.69, 9.17) is 4.74 Å². The molecule has 0 aromatic heterocycles. The van der Waals surface area contributed by atoms with Crippen molar-refractivity contribution in [2.45, 2.75) is 56.8 Å². The van der Waals surface area contributed by atoms with Gasteiger partial charge in [-0.1, -0.05) is 0 Å². The molecule has 0 amide bonds. The van der Waals surface area contributed by atoms with Crippen molar-refractivity contribution in [3.8, 4) is 0 Å². The zero-order valence-corrected chi connectivity index (χ0v) is 13.7. The van der Waals surface area contributed by atoms with Crippen LogP contribution in [-0.2, 0) is 4.74 Å². The number of nitrogens with zero attached hydrogens (tertiary/aromatic N) is 2. The molecule has 3 unspecified atom stereocenters. The molecule has 0 spiro atoms. The first kappa shape index (κ1) is 18.9. The summed E-state index contributed by atoms with van der Waals surface area (Å²) in [5, 5.41) is 19.9. The number of aliphatic hydroxyl groups is 2. The summed E-state index contributed by atoms with van der Waals surface area (Å²) in [6.07, 6.45) is -5.66. The predicted octanol–water partition coefficient (Wildman–Crippen LogP) is 0.846. The summed E-state index contributed by atoms with van der Waals surface area (Å²) in [4.78, 5) is 3.91. The topological polar surface area (TPSA) is 56.2 Å². The first-order valence-corrected chi connectivity index (χ1v) is 8.16. The Labute approximate surface area is 135 Å². The van der Waals surface area contributed by atoms with Crippen LogP contribution in [-0.4, -0.2) is 89.4 Å². The quantitative estimate of drug-likeness (QED) is 0.795. The van der Waals surface area contributed by atoms with Crippen LogP contribution in [0.15, 0.2) is 0 Å². The molecule has 23 heavy (non-hydrogen) atoms. The first-order chi connectivity index (χ1) is 10.6. The number of piperidine rings is 1. The molecule has 2 rings (SSSR count). The Hall–Kier alpha value is -0.410. The van der Waals surface area contributed by atoms with Crippen molar-refractivity contribution < 1.29 is 28.1 Å². The highest BCUT2D eigenvalue weighted by Crippen LogP contribution is 2.38. The molecular formula is C15H27F3N2O3. The summed E-state index contributed by atoms with van der Waals surface area (Å²) in [5.74, 6) is 0. The minimum absolute atomic E-state index is 0.114. The van der Waals surface area contributed by atoms with Crippen molar-refractivity contribution >= 4 is 0 Å². The molecule has 8 heteroatoms. The van der Waals surface area contributed by atoms with Crippen molar-refractivity contribution in [1.82, 2.24) is 9.80 Å². The van der Waals surface area contributed by atoms with Crippen LogP contribution in [0, 0.1) is 0 Å². The molecule has 2 aliphatic heterocycles. The predicted molar refractivity (Wildman–Crippen MR) is 79.1 cm³/mol. The Bertz CT molecular complexity index is 377. The highest BCUT2D eigenvalue weighted by molar-refractivity contribution is 4.92. The normalized spacial score (nSPS) is 32.0. The van der Waals surface area contributed by atoms with E-state index in [-0.39, 0.29) is 38.1 Å². The molecule has 0 bridgehead atoms. The van der Waals surface area contributed by atoms with Crippen molar-refractivity contribution in [3.05, 3.63) is 0 Å². The van der Waals surface area contributed by atoms with Crippen molar-refractivity contribution in [2.75, 3.05) is 39.3 Å². The minimum Gasteiger partial charge on any atom is -0.390 e. The summed E-state index contributed by atoms with van der Waals surface area (Å²) in [5.41, 5.74) is -2.58. The molecule has 2 aliphatic rings. The molecule has 0 saturated carbocycles. The molecule has 2 saturated heterocycles. The third-order valence-corrected chi connectivity index (χ3v) is 4.64. The number of hydrogen-bond donors (Lipinski definition) is 2. The standard InChI is InChI=1S/C15H27F3N2O3/c1-11-7-20(8-12(2)23-11)10-13(21)9-19-5-3-14(22,4-6-19)15(16,17)18/h11-13,21-22H,3-10H2,1-2H3. The third-order valence-electron chi connectivity index (χ3n) is 4.64. The van der Waals surface area contributed by atoms with Crippen molar-refractivity contribution in [2.24, 2.45) is 0 Å². The van der Waals surface area contributed by atoms with Crippen LogP contribution >= 0.6 is 0 Å². The van der Waals surface area contributed by atoms with E-state index < -0.39 is 17.9 Å². The van der Waals surface area contributed by atoms with Gasteiger partial charge in [-0.05, 0) is 26.7 Å². The van der Waals surface area contributed by atoms with Crippen molar-refractivity contribution in [3.63, 3.8) is 0 Å². The maximum Gasteiger partial charge on any atom is 0.417 e. The maximum atomic E-state index is 12.8. The van der Waals surface area contributed by atoms with Crippen LogP contribution in [0.4, 0.5) is 13.2 Å². The van der Waals surface area contributed by atoms with Crippen LogP contribution in [0.5, 0.6) is 0 Å². The van der Waals surface area contributed by atoms with Gasteiger partial charge in [-0.3, -0.25) is 4.90 Å². The van der Waals surface area contributed by atoms with Gasteiger partial charge in [0.1, 0.15) is 0 Å². The van der Waals surface area contributed by atoms with Gasteiger partial charge in [-0.15, -0.1) is 0 Å². The van der Waals surface area contributed by atoms with Crippen LogP contribution in [0.3, 0.4) is 0 Å². The van der Waals surface area contributed by atoms with Gasteiger partial charge in [0.15, 0.2) is 5.60 Å². The second kappa shape index (κ2) is 7.23. The summed E-state index contributed by atoms with van der Waals surface area (Å²) in [6, 6.07) is 0. The Balaban J connectivity index is 1.76. The highest BCUT2D eigenvalue weighted by atomic mass is 19.4. The van der Waals surface area contributed by atoms with Crippen molar-refractivity contribution in [1.29, 1.82) is 0 Å². The third kappa shape index (κ3) is 5.03. The number of rotatable bonds is 4. The number of hydrogen-bond acceptors (Lipinski definition) is 5. The number of halogens is 3. The van der Waals surface area contributed by atoms with E-state index in [1.165, 1.54) is 0 Å². The molecular weight excluding hydrogens is 313 g/mol.